The maximum absolute atomic E-state index is 12.0. The lowest BCUT2D eigenvalue weighted by Crippen LogP contribution is -2.28. The van der Waals surface area contributed by atoms with Gasteiger partial charge in [-0.15, -0.1) is 0 Å². The molecule has 0 bridgehead atoms. The van der Waals surface area contributed by atoms with Crippen molar-refractivity contribution >= 4 is 28.4 Å². The summed E-state index contributed by atoms with van der Waals surface area (Å²) in [5.41, 5.74) is 1.39. The summed E-state index contributed by atoms with van der Waals surface area (Å²) in [5, 5.41) is 4.44. The van der Waals surface area contributed by atoms with E-state index in [2.05, 4.69) is 10.3 Å². The molecule has 1 amide bonds. The van der Waals surface area contributed by atoms with Gasteiger partial charge < -0.3 is 10.1 Å². The summed E-state index contributed by atoms with van der Waals surface area (Å²) in [4.78, 5) is 16.3. The molecule has 3 aromatic rings. The van der Waals surface area contributed by atoms with Crippen LogP contribution >= 0.6 is 11.6 Å². The second kappa shape index (κ2) is 7.11. The number of fused-ring (bicyclic) bond motifs is 1. The third kappa shape index (κ3) is 3.79. The van der Waals surface area contributed by atoms with Crippen LogP contribution in [0.15, 0.2) is 60.8 Å². The number of nitrogens with zero attached hydrogens (tertiary/aromatic N) is 1. The van der Waals surface area contributed by atoms with E-state index < -0.39 is 0 Å². The summed E-state index contributed by atoms with van der Waals surface area (Å²) in [7, 11) is 0. The fraction of sp³-hybridized carbons (Fsp3) is 0.111. The standard InChI is InChI=1S/C18H15ClN2O2/c19-15-8-6-14(7-9-15)18(22)21-11-12-23-16-5-1-3-13-4-2-10-20-17(13)16/h1-10H,11-12H2,(H,21,22). The Kier molecular flexibility index (Phi) is 4.74. The van der Waals surface area contributed by atoms with Gasteiger partial charge in [-0.25, -0.2) is 0 Å². The van der Waals surface area contributed by atoms with Crippen molar-refractivity contribution in [3.8, 4) is 5.75 Å². The second-order valence-electron chi connectivity index (χ2n) is 4.94. The van der Waals surface area contributed by atoms with Crippen LogP contribution in [0.2, 0.25) is 5.02 Å². The third-order valence-electron chi connectivity index (χ3n) is 3.35. The number of hydrogen-bond acceptors (Lipinski definition) is 3. The first-order valence-electron chi connectivity index (χ1n) is 7.24. The quantitative estimate of drug-likeness (QED) is 0.727. The van der Waals surface area contributed by atoms with Crippen molar-refractivity contribution in [2.24, 2.45) is 0 Å². The average molecular weight is 327 g/mol. The minimum absolute atomic E-state index is 0.152. The van der Waals surface area contributed by atoms with Gasteiger partial charge in [-0.3, -0.25) is 9.78 Å². The molecule has 0 fully saturated rings. The molecule has 0 aliphatic rings. The van der Waals surface area contributed by atoms with Gasteiger partial charge in [0, 0.05) is 22.2 Å². The molecule has 1 heterocycles. The number of pyridine rings is 1. The van der Waals surface area contributed by atoms with Crippen LogP contribution in [0, 0.1) is 0 Å². The minimum atomic E-state index is -0.152. The molecule has 1 aromatic heterocycles. The molecule has 0 aliphatic carbocycles. The minimum Gasteiger partial charge on any atom is -0.489 e. The Morgan fingerprint density at radius 3 is 2.70 bits per heavy atom. The zero-order chi connectivity index (χ0) is 16.1. The Balaban J connectivity index is 1.55. The van der Waals surface area contributed by atoms with Crippen molar-refractivity contribution < 1.29 is 9.53 Å². The van der Waals surface area contributed by atoms with Crippen LogP contribution in [0.1, 0.15) is 10.4 Å². The van der Waals surface area contributed by atoms with Gasteiger partial charge in [0.1, 0.15) is 17.9 Å². The van der Waals surface area contributed by atoms with E-state index in [1.807, 2.05) is 30.3 Å². The summed E-state index contributed by atoms with van der Waals surface area (Å²) in [6.45, 7) is 0.777. The van der Waals surface area contributed by atoms with Gasteiger partial charge in [0.25, 0.3) is 5.91 Å². The van der Waals surface area contributed by atoms with Crippen molar-refractivity contribution in [3.63, 3.8) is 0 Å². The van der Waals surface area contributed by atoms with E-state index in [0.717, 1.165) is 10.9 Å². The van der Waals surface area contributed by atoms with Gasteiger partial charge in [0.05, 0.1) is 6.54 Å². The maximum atomic E-state index is 12.0. The SMILES string of the molecule is O=C(NCCOc1cccc2cccnc12)c1ccc(Cl)cc1. The smallest absolute Gasteiger partial charge is 0.251 e. The number of carbonyl (C=O) groups excluding carboxylic acids is 1. The van der Waals surface area contributed by atoms with Gasteiger partial charge in [-0.05, 0) is 36.4 Å². The van der Waals surface area contributed by atoms with Crippen LogP contribution < -0.4 is 10.1 Å². The maximum Gasteiger partial charge on any atom is 0.251 e. The van der Waals surface area contributed by atoms with Crippen LogP contribution in [0.3, 0.4) is 0 Å². The molecule has 3 rings (SSSR count). The van der Waals surface area contributed by atoms with Gasteiger partial charge in [-0.2, -0.15) is 0 Å². The normalized spacial score (nSPS) is 10.5. The molecule has 5 heteroatoms. The first kappa shape index (κ1) is 15.3. The Morgan fingerprint density at radius 1 is 1.09 bits per heavy atom. The summed E-state index contributed by atoms with van der Waals surface area (Å²) in [5.74, 6) is 0.560. The van der Waals surface area contributed by atoms with Crippen LogP contribution in [0.4, 0.5) is 0 Å². The molecule has 1 N–H and O–H groups in total. The van der Waals surface area contributed by atoms with E-state index in [0.29, 0.717) is 29.5 Å². The number of hydrogen-bond donors (Lipinski definition) is 1. The molecule has 0 atom stereocenters. The van der Waals surface area contributed by atoms with Crippen molar-refractivity contribution in [1.29, 1.82) is 0 Å². The number of aromatic nitrogens is 1. The van der Waals surface area contributed by atoms with Gasteiger partial charge in [-0.1, -0.05) is 29.8 Å². The van der Waals surface area contributed by atoms with E-state index in [4.69, 9.17) is 16.3 Å². The van der Waals surface area contributed by atoms with Crippen molar-refractivity contribution in [1.82, 2.24) is 10.3 Å². The molecule has 0 unspecified atom stereocenters. The molecule has 4 nitrogen and oxygen atoms in total. The van der Waals surface area contributed by atoms with Gasteiger partial charge in [0.2, 0.25) is 0 Å². The van der Waals surface area contributed by atoms with E-state index in [1.54, 1.807) is 30.5 Å². The number of halogens is 1. The number of para-hydroxylation sites is 1. The summed E-state index contributed by atoms with van der Waals surface area (Å²) in [6, 6.07) is 16.4. The van der Waals surface area contributed by atoms with Crippen molar-refractivity contribution in [2.75, 3.05) is 13.2 Å². The Hall–Kier alpha value is -2.59. The molecule has 0 radical (unpaired) electrons. The lowest BCUT2D eigenvalue weighted by atomic mass is 10.2. The molecule has 2 aromatic carbocycles. The van der Waals surface area contributed by atoms with Gasteiger partial charge >= 0.3 is 0 Å². The molecule has 23 heavy (non-hydrogen) atoms. The van der Waals surface area contributed by atoms with E-state index in [9.17, 15) is 4.79 Å². The topological polar surface area (TPSA) is 51.2 Å². The highest BCUT2D eigenvalue weighted by Crippen LogP contribution is 2.22. The number of benzene rings is 2. The number of amides is 1. The highest BCUT2D eigenvalue weighted by Gasteiger charge is 2.05. The lowest BCUT2D eigenvalue weighted by Gasteiger charge is -2.09. The largest absolute Gasteiger partial charge is 0.489 e. The Labute approximate surface area is 139 Å². The molecule has 0 saturated heterocycles. The molecule has 116 valence electrons. The number of rotatable bonds is 5. The number of ether oxygens (including phenoxy) is 1. The van der Waals surface area contributed by atoms with Crippen LogP contribution in [-0.4, -0.2) is 24.0 Å². The van der Waals surface area contributed by atoms with Crippen LogP contribution in [-0.2, 0) is 0 Å². The zero-order valence-corrected chi connectivity index (χ0v) is 13.1. The van der Waals surface area contributed by atoms with Crippen LogP contribution in [0.25, 0.3) is 10.9 Å². The van der Waals surface area contributed by atoms with E-state index in [-0.39, 0.29) is 5.91 Å². The molecular formula is C18H15ClN2O2. The number of nitrogens with one attached hydrogen (secondary N) is 1. The highest BCUT2D eigenvalue weighted by atomic mass is 35.5. The Bertz CT molecular complexity index is 813. The van der Waals surface area contributed by atoms with E-state index >= 15 is 0 Å². The monoisotopic (exact) mass is 326 g/mol. The first-order valence-corrected chi connectivity index (χ1v) is 7.62. The molecule has 0 aliphatic heterocycles. The first-order chi connectivity index (χ1) is 11.2. The predicted molar refractivity (Wildman–Crippen MR) is 91.0 cm³/mol. The zero-order valence-electron chi connectivity index (χ0n) is 12.3. The van der Waals surface area contributed by atoms with E-state index in [1.165, 1.54) is 0 Å². The van der Waals surface area contributed by atoms with Crippen molar-refractivity contribution in [3.05, 3.63) is 71.4 Å². The van der Waals surface area contributed by atoms with Crippen molar-refractivity contribution in [2.45, 2.75) is 0 Å². The lowest BCUT2D eigenvalue weighted by molar-refractivity contribution is 0.0947. The number of carbonyl (C=O) groups is 1. The Morgan fingerprint density at radius 2 is 1.87 bits per heavy atom. The summed E-state index contributed by atoms with van der Waals surface area (Å²) in [6.07, 6.45) is 1.73. The fourth-order valence-electron chi connectivity index (χ4n) is 2.22. The molecular weight excluding hydrogens is 312 g/mol. The van der Waals surface area contributed by atoms with Crippen LogP contribution in [0.5, 0.6) is 5.75 Å². The fourth-order valence-corrected chi connectivity index (χ4v) is 2.35. The van der Waals surface area contributed by atoms with Gasteiger partial charge in [0.15, 0.2) is 0 Å². The average Bonchev–Trinajstić information content (AvgIpc) is 2.59. The third-order valence-corrected chi connectivity index (χ3v) is 3.60. The second-order valence-corrected chi connectivity index (χ2v) is 5.38. The predicted octanol–water partition coefficient (Wildman–Crippen LogP) is 3.70. The molecule has 0 spiro atoms. The highest BCUT2D eigenvalue weighted by molar-refractivity contribution is 6.30. The summed E-state index contributed by atoms with van der Waals surface area (Å²) < 4.78 is 5.73. The molecule has 0 saturated carbocycles. The summed E-state index contributed by atoms with van der Waals surface area (Å²) >= 11 is 5.80.